The molecule has 40 heavy (non-hydrogen) atoms. The number of hydrogen-bond donors (Lipinski definition) is 0. The maximum Gasteiger partial charge on any atom is 0.324 e. The minimum absolute atomic E-state index is 0.0201. The van der Waals surface area contributed by atoms with Crippen LogP contribution in [0.3, 0.4) is 0 Å². The molecular weight excluding hydrogens is 513 g/mol. The zero-order chi connectivity index (χ0) is 27.8. The molecule has 1 saturated carbocycles. The first-order valence-corrected chi connectivity index (χ1v) is 14.6. The molecule has 2 aromatic heterocycles. The molecule has 2 atom stereocenters. The lowest BCUT2D eigenvalue weighted by Gasteiger charge is -2.30. The van der Waals surface area contributed by atoms with Crippen molar-refractivity contribution in [3.05, 3.63) is 52.7 Å². The minimum atomic E-state index is -0.404. The van der Waals surface area contributed by atoms with E-state index in [1.165, 1.54) is 12.5 Å². The van der Waals surface area contributed by atoms with Crippen molar-refractivity contribution in [3.63, 3.8) is 0 Å². The van der Waals surface area contributed by atoms with Gasteiger partial charge in [-0.2, -0.15) is 4.98 Å². The van der Waals surface area contributed by atoms with E-state index in [9.17, 15) is 9.18 Å². The van der Waals surface area contributed by atoms with Gasteiger partial charge in [-0.05, 0) is 55.1 Å². The van der Waals surface area contributed by atoms with Crippen molar-refractivity contribution in [1.29, 1.82) is 0 Å². The van der Waals surface area contributed by atoms with Gasteiger partial charge in [0.25, 0.3) is 0 Å². The van der Waals surface area contributed by atoms with Gasteiger partial charge in [-0.15, -0.1) is 0 Å². The minimum Gasteiger partial charge on any atom is -0.493 e. The summed E-state index contributed by atoms with van der Waals surface area (Å²) in [6.45, 7) is 9.39. The second-order valence-electron chi connectivity index (χ2n) is 11.8. The van der Waals surface area contributed by atoms with E-state index in [0.29, 0.717) is 55.3 Å². The topological polar surface area (TPSA) is 97.7 Å². The summed E-state index contributed by atoms with van der Waals surface area (Å²) >= 11 is 0. The summed E-state index contributed by atoms with van der Waals surface area (Å²) in [5.74, 6) is 4.63. The molecule has 0 N–H and O–H groups in total. The van der Waals surface area contributed by atoms with Crippen molar-refractivity contribution in [2.24, 2.45) is 17.8 Å². The highest BCUT2D eigenvalue weighted by molar-refractivity contribution is 5.79. The molecule has 4 heterocycles. The van der Waals surface area contributed by atoms with Crippen molar-refractivity contribution in [1.82, 2.24) is 20.0 Å². The molecule has 0 spiro atoms. The number of benzene rings is 1. The Hall–Kier alpha value is -3.43. The number of fused-ring (bicyclic) bond motifs is 1. The Morgan fingerprint density at radius 1 is 1.20 bits per heavy atom. The summed E-state index contributed by atoms with van der Waals surface area (Å²) in [5.41, 5.74) is 1.18. The summed E-state index contributed by atoms with van der Waals surface area (Å²) in [7, 11) is 0. The van der Waals surface area contributed by atoms with Gasteiger partial charge in [0, 0.05) is 45.0 Å². The van der Waals surface area contributed by atoms with Crippen LogP contribution in [-0.2, 0) is 24.2 Å². The van der Waals surface area contributed by atoms with E-state index < -0.39 is 5.82 Å². The highest BCUT2D eigenvalue weighted by atomic mass is 19.1. The summed E-state index contributed by atoms with van der Waals surface area (Å²) in [5, 5.41) is 4.09. The van der Waals surface area contributed by atoms with Gasteiger partial charge in [-0.25, -0.2) is 9.37 Å². The Morgan fingerprint density at radius 3 is 2.77 bits per heavy atom. The van der Waals surface area contributed by atoms with E-state index in [-0.39, 0.29) is 18.2 Å². The number of piperidine rings is 1. The van der Waals surface area contributed by atoms with E-state index in [2.05, 4.69) is 33.9 Å². The molecule has 2 fully saturated rings. The molecule has 1 aliphatic carbocycles. The quantitative estimate of drug-likeness (QED) is 0.363. The predicted octanol–water partition coefficient (Wildman–Crippen LogP) is 5.08. The van der Waals surface area contributed by atoms with Gasteiger partial charge >= 0.3 is 6.01 Å². The molecule has 1 aromatic carbocycles. The largest absolute Gasteiger partial charge is 0.493 e. The predicted molar refractivity (Wildman–Crippen MR) is 145 cm³/mol. The second kappa shape index (κ2) is 11.2. The molecule has 0 radical (unpaired) electrons. The van der Waals surface area contributed by atoms with Gasteiger partial charge in [0.05, 0.1) is 19.6 Å². The van der Waals surface area contributed by atoms with E-state index >= 15 is 0 Å². The number of aryl methyl sites for hydroxylation is 1. The number of amides is 1. The van der Waals surface area contributed by atoms with Gasteiger partial charge in [-0.3, -0.25) is 4.79 Å². The SMILES string of the molecule is Cc1nc2c(o1)CCN(C(=O)Cc1ccc(OCC[C@@H]3C[C@@H]3C3CCN(c4nc(C(C)C)no4)CC3)cc1F)C2. The number of aromatic nitrogens is 3. The standard InChI is InChI=1S/C30H38FN5O4/c1-18(2)29-33-30(40-34-29)35-10-6-20(7-11-35)24-14-21(24)9-13-38-23-5-4-22(25(31)16-23)15-28(37)36-12-8-27-26(17-36)32-19(3)39-27/h4-5,16,18,20-21,24H,6-15,17H2,1-3H3/t21-,24-/m1/s1. The number of oxazole rings is 1. The van der Waals surface area contributed by atoms with Crippen LogP contribution in [0.15, 0.2) is 27.1 Å². The second-order valence-corrected chi connectivity index (χ2v) is 11.8. The van der Waals surface area contributed by atoms with E-state index in [1.807, 2.05) is 0 Å². The number of hydrogen-bond acceptors (Lipinski definition) is 8. The molecule has 214 valence electrons. The molecule has 10 heteroatoms. The highest BCUT2D eigenvalue weighted by Crippen LogP contribution is 2.50. The normalized spacial score (nSPS) is 21.1. The first-order valence-electron chi connectivity index (χ1n) is 14.6. The number of nitrogens with zero attached hydrogens (tertiary/aromatic N) is 5. The third-order valence-corrected chi connectivity index (χ3v) is 8.65. The van der Waals surface area contributed by atoms with Gasteiger partial charge in [0.2, 0.25) is 5.91 Å². The van der Waals surface area contributed by atoms with Crippen LogP contribution < -0.4 is 9.64 Å². The first kappa shape index (κ1) is 26.8. The Kier molecular flexibility index (Phi) is 7.51. The van der Waals surface area contributed by atoms with Crippen LogP contribution in [0, 0.1) is 30.5 Å². The zero-order valence-electron chi connectivity index (χ0n) is 23.6. The highest BCUT2D eigenvalue weighted by Gasteiger charge is 2.43. The van der Waals surface area contributed by atoms with Crippen LogP contribution in [0.25, 0.3) is 0 Å². The molecule has 1 saturated heterocycles. The number of ether oxygens (including phenoxy) is 1. The maximum absolute atomic E-state index is 14.8. The Balaban J connectivity index is 0.918. The number of halogens is 1. The lowest BCUT2D eigenvalue weighted by atomic mass is 9.90. The number of carbonyl (C=O) groups is 1. The van der Waals surface area contributed by atoms with E-state index in [1.54, 1.807) is 24.0 Å². The summed E-state index contributed by atoms with van der Waals surface area (Å²) in [6, 6.07) is 5.49. The fraction of sp³-hybridized carbons (Fsp3) is 0.600. The maximum atomic E-state index is 14.8. The number of anilines is 1. The van der Waals surface area contributed by atoms with Crippen LogP contribution in [0.5, 0.6) is 5.75 Å². The molecule has 3 aliphatic rings. The summed E-state index contributed by atoms with van der Waals surface area (Å²) in [4.78, 5) is 25.6. The molecule has 2 aliphatic heterocycles. The van der Waals surface area contributed by atoms with E-state index in [4.69, 9.17) is 13.7 Å². The van der Waals surface area contributed by atoms with Crippen LogP contribution in [0.4, 0.5) is 10.4 Å². The van der Waals surface area contributed by atoms with E-state index in [0.717, 1.165) is 61.5 Å². The van der Waals surface area contributed by atoms with Crippen LogP contribution in [-0.4, -0.2) is 52.2 Å². The van der Waals surface area contributed by atoms with Gasteiger partial charge in [0.1, 0.15) is 23.0 Å². The third kappa shape index (κ3) is 5.86. The number of rotatable bonds is 9. The lowest BCUT2D eigenvalue weighted by molar-refractivity contribution is -0.131. The Bertz CT molecular complexity index is 1350. The average molecular weight is 552 g/mol. The van der Waals surface area contributed by atoms with Gasteiger partial charge in [-0.1, -0.05) is 25.1 Å². The van der Waals surface area contributed by atoms with Crippen molar-refractivity contribution in [3.8, 4) is 5.75 Å². The van der Waals surface area contributed by atoms with Gasteiger partial charge in [0.15, 0.2) is 11.7 Å². The Labute approximate surface area is 234 Å². The monoisotopic (exact) mass is 551 g/mol. The molecule has 1 amide bonds. The third-order valence-electron chi connectivity index (χ3n) is 8.65. The fourth-order valence-electron chi connectivity index (χ4n) is 6.19. The van der Waals surface area contributed by atoms with Gasteiger partial charge < -0.3 is 23.5 Å². The summed E-state index contributed by atoms with van der Waals surface area (Å²) in [6.07, 6.45) is 5.16. The average Bonchev–Trinajstić information content (AvgIpc) is 3.35. The van der Waals surface area contributed by atoms with Crippen LogP contribution in [0.1, 0.15) is 74.2 Å². The smallest absolute Gasteiger partial charge is 0.324 e. The van der Waals surface area contributed by atoms with Crippen molar-refractivity contribution in [2.45, 2.75) is 71.8 Å². The van der Waals surface area contributed by atoms with Crippen molar-refractivity contribution in [2.75, 3.05) is 31.1 Å². The Morgan fingerprint density at radius 2 is 2.02 bits per heavy atom. The number of carbonyl (C=O) groups excluding carboxylic acids is 1. The molecule has 3 aromatic rings. The van der Waals surface area contributed by atoms with Crippen LogP contribution >= 0.6 is 0 Å². The molecule has 6 rings (SSSR count). The van der Waals surface area contributed by atoms with Crippen LogP contribution in [0.2, 0.25) is 0 Å². The molecule has 0 unspecified atom stereocenters. The molecule has 0 bridgehead atoms. The molecule has 9 nitrogen and oxygen atoms in total. The fourth-order valence-corrected chi connectivity index (χ4v) is 6.19. The summed E-state index contributed by atoms with van der Waals surface area (Å²) < 4.78 is 31.7. The lowest BCUT2D eigenvalue weighted by Crippen LogP contribution is -2.36. The zero-order valence-corrected chi connectivity index (χ0v) is 23.6. The van der Waals surface area contributed by atoms with Crippen molar-refractivity contribution < 1.29 is 22.9 Å². The van der Waals surface area contributed by atoms with Crippen molar-refractivity contribution >= 4 is 11.9 Å². The molecular formula is C30H38FN5O4. The first-order chi connectivity index (χ1) is 19.3.